The molecule has 0 unspecified atom stereocenters. The zero-order valence-corrected chi connectivity index (χ0v) is 10.1. The molecule has 1 aromatic carbocycles. The van der Waals surface area contributed by atoms with Crippen LogP contribution in [0, 0.1) is 0 Å². The Bertz CT molecular complexity index is 362. The summed E-state index contributed by atoms with van der Waals surface area (Å²) in [7, 11) is 0. The van der Waals surface area contributed by atoms with E-state index in [1.54, 1.807) is 6.07 Å². The third-order valence-electron chi connectivity index (χ3n) is 3.18. The van der Waals surface area contributed by atoms with Gasteiger partial charge in [-0.2, -0.15) is 0 Å². The normalized spacial score (nSPS) is 17.2. The van der Waals surface area contributed by atoms with Crippen molar-refractivity contribution in [1.82, 2.24) is 4.90 Å². The Hall–Kier alpha value is -1.10. The van der Waals surface area contributed by atoms with Gasteiger partial charge in [-0.1, -0.05) is 12.1 Å². The monoisotopic (exact) mass is 236 g/mol. The Morgan fingerprint density at radius 2 is 2.06 bits per heavy atom. The summed E-state index contributed by atoms with van der Waals surface area (Å²) in [6, 6.07) is 5.70. The number of ether oxygens (including phenoxy) is 1. The maximum Gasteiger partial charge on any atom is 0.120 e. The SMILES string of the molecule is NCc1cc(CCN2CCOCC2)ccc1O. The summed E-state index contributed by atoms with van der Waals surface area (Å²) in [4.78, 5) is 2.40. The Morgan fingerprint density at radius 1 is 1.29 bits per heavy atom. The van der Waals surface area contributed by atoms with Crippen LogP contribution in [0.1, 0.15) is 11.1 Å². The molecule has 3 N–H and O–H groups in total. The highest BCUT2D eigenvalue weighted by atomic mass is 16.5. The summed E-state index contributed by atoms with van der Waals surface area (Å²) in [5.74, 6) is 0.294. The molecule has 0 atom stereocenters. The second kappa shape index (κ2) is 6.00. The van der Waals surface area contributed by atoms with Gasteiger partial charge in [0, 0.05) is 31.7 Å². The van der Waals surface area contributed by atoms with Gasteiger partial charge in [-0.3, -0.25) is 4.90 Å². The molecule has 0 amide bonds. The number of rotatable bonds is 4. The molecule has 1 heterocycles. The lowest BCUT2D eigenvalue weighted by Gasteiger charge is -2.26. The third kappa shape index (κ3) is 3.43. The molecule has 2 rings (SSSR count). The largest absolute Gasteiger partial charge is 0.508 e. The molecule has 4 nitrogen and oxygen atoms in total. The molecule has 17 heavy (non-hydrogen) atoms. The van der Waals surface area contributed by atoms with Gasteiger partial charge < -0.3 is 15.6 Å². The van der Waals surface area contributed by atoms with Crippen LogP contribution in [0.2, 0.25) is 0 Å². The van der Waals surface area contributed by atoms with Gasteiger partial charge in [-0.05, 0) is 18.1 Å². The maximum absolute atomic E-state index is 9.54. The molecule has 1 aliphatic heterocycles. The highest BCUT2D eigenvalue weighted by Gasteiger charge is 2.10. The maximum atomic E-state index is 9.54. The number of aromatic hydroxyl groups is 1. The van der Waals surface area contributed by atoms with Gasteiger partial charge >= 0.3 is 0 Å². The lowest BCUT2D eigenvalue weighted by atomic mass is 10.1. The molecule has 94 valence electrons. The molecule has 1 aliphatic rings. The van der Waals surface area contributed by atoms with Crippen molar-refractivity contribution in [3.05, 3.63) is 29.3 Å². The van der Waals surface area contributed by atoms with Gasteiger partial charge in [-0.15, -0.1) is 0 Å². The molecule has 0 aromatic heterocycles. The van der Waals surface area contributed by atoms with Crippen molar-refractivity contribution in [3.63, 3.8) is 0 Å². The summed E-state index contributed by atoms with van der Waals surface area (Å²) in [6.45, 7) is 5.13. The van der Waals surface area contributed by atoms with Gasteiger partial charge in [-0.25, -0.2) is 0 Å². The van der Waals surface area contributed by atoms with Crippen LogP contribution in [0.25, 0.3) is 0 Å². The molecular formula is C13H20N2O2. The Morgan fingerprint density at radius 3 is 2.76 bits per heavy atom. The van der Waals surface area contributed by atoms with Crippen molar-refractivity contribution in [2.24, 2.45) is 5.73 Å². The van der Waals surface area contributed by atoms with E-state index >= 15 is 0 Å². The molecule has 1 fully saturated rings. The molecule has 1 aromatic rings. The molecule has 0 aliphatic carbocycles. The van der Waals surface area contributed by atoms with Gasteiger partial charge in [0.25, 0.3) is 0 Å². The predicted octanol–water partition coefficient (Wildman–Crippen LogP) is 0.726. The van der Waals surface area contributed by atoms with Gasteiger partial charge in [0.05, 0.1) is 13.2 Å². The van der Waals surface area contributed by atoms with Crippen LogP contribution in [0.4, 0.5) is 0 Å². The summed E-state index contributed by atoms with van der Waals surface area (Å²) in [5, 5.41) is 9.54. The first-order valence-corrected chi connectivity index (χ1v) is 6.10. The molecule has 4 heteroatoms. The van der Waals surface area contributed by atoms with Crippen molar-refractivity contribution >= 4 is 0 Å². The van der Waals surface area contributed by atoms with Crippen LogP contribution in [-0.4, -0.2) is 42.9 Å². The Balaban J connectivity index is 1.89. The van der Waals surface area contributed by atoms with E-state index in [2.05, 4.69) is 4.90 Å². The number of nitrogens with zero attached hydrogens (tertiary/aromatic N) is 1. The standard InChI is InChI=1S/C13H20N2O2/c14-10-12-9-11(1-2-13(12)16)3-4-15-5-7-17-8-6-15/h1-2,9,16H,3-8,10,14H2. The first-order valence-electron chi connectivity index (χ1n) is 6.10. The average molecular weight is 236 g/mol. The second-order valence-electron chi connectivity index (χ2n) is 4.37. The summed E-state index contributed by atoms with van der Waals surface area (Å²) < 4.78 is 5.31. The van der Waals surface area contributed by atoms with E-state index < -0.39 is 0 Å². The van der Waals surface area contributed by atoms with Crippen LogP contribution in [-0.2, 0) is 17.7 Å². The minimum absolute atomic E-state index is 0.294. The summed E-state index contributed by atoms with van der Waals surface area (Å²) in [6.07, 6.45) is 0.993. The highest BCUT2D eigenvalue weighted by Crippen LogP contribution is 2.18. The lowest BCUT2D eigenvalue weighted by molar-refractivity contribution is 0.0384. The van der Waals surface area contributed by atoms with E-state index in [0.29, 0.717) is 12.3 Å². The van der Waals surface area contributed by atoms with Crippen molar-refractivity contribution in [1.29, 1.82) is 0 Å². The van der Waals surface area contributed by atoms with E-state index in [1.165, 1.54) is 5.56 Å². The van der Waals surface area contributed by atoms with Crippen LogP contribution in [0.3, 0.4) is 0 Å². The highest BCUT2D eigenvalue weighted by molar-refractivity contribution is 5.36. The Kier molecular flexibility index (Phi) is 4.36. The Labute approximate surface area is 102 Å². The van der Waals surface area contributed by atoms with E-state index in [0.717, 1.165) is 44.8 Å². The van der Waals surface area contributed by atoms with Crippen molar-refractivity contribution in [2.75, 3.05) is 32.8 Å². The number of hydrogen-bond acceptors (Lipinski definition) is 4. The predicted molar refractivity (Wildman–Crippen MR) is 67.0 cm³/mol. The summed E-state index contributed by atoms with van der Waals surface area (Å²) in [5.41, 5.74) is 7.63. The number of benzene rings is 1. The first kappa shape index (κ1) is 12.4. The van der Waals surface area contributed by atoms with Crippen LogP contribution in [0.5, 0.6) is 5.75 Å². The van der Waals surface area contributed by atoms with Crippen molar-refractivity contribution in [3.8, 4) is 5.75 Å². The number of nitrogens with two attached hydrogens (primary N) is 1. The molecule has 0 spiro atoms. The number of morpholine rings is 1. The van der Waals surface area contributed by atoms with E-state index in [4.69, 9.17) is 10.5 Å². The number of hydrogen-bond donors (Lipinski definition) is 2. The molecular weight excluding hydrogens is 216 g/mol. The average Bonchev–Trinajstić information content (AvgIpc) is 2.39. The molecule has 0 bridgehead atoms. The zero-order valence-electron chi connectivity index (χ0n) is 10.1. The second-order valence-corrected chi connectivity index (χ2v) is 4.37. The molecule has 0 saturated carbocycles. The van der Waals surface area contributed by atoms with Crippen LogP contribution in [0.15, 0.2) is 18.2 Å². The smallest absolute Gasteiger partial charge is 0.120 e. The minimum atomic E-state index is 0.294. The quantitative estimate of drug-likeness (QED) is 0.809. The minimum Gasteiger partial charge on any atom is -0.508 e. The van der Waals surface area contributed by atoms with Gasteiger partial charge in [0.15, 0.2) is 0 Å². The molecule has 0 radical (unpaired) electrons. The fraction of sp³-hybridized carbons (Fsp3) is 0.538. The van der Waals surface area contributed by atoms with Gasteiger partial charge in [0.2, 0.25) is 0 Å². The zero-order chi connectivity index (χ0) is 12.1. The van der Waals surface area contributed by atoms with Gasteiger partial charge in [0.1, 0.15) is 5.75 Å². The summed E-state index contributed by atoms with van der Waals surface area (Å²) >= 11 is 0. The fourth-order valence-corrected chi connectivity index (χ4v) is 2.07. The van der Waals surface area contributed by atoms with E-state index in [9.17, 15) is 5.11 Å². The van der Waals surface area contributed by atoms with E-state index in [-0.39, 0.29) is 0 Å². The van der Waals surface area contributed by atoms with Crippen molar-refractivity contribution < 1.29 is 9.84 Å². The molecule has 1 saturated heterocycles. The third-order valence-corrected chi connectivity index (χ3v) is 3.18. The number of phenolic OH excluding ortho intramolecular Hbond substituents is 1. The van der Waals surface area contributed by atoms with Crippen molar-refractivity contribution in [2.45, 2.75) is 13.0 Å². The van der Waals surface area contributed by atoms with Crippen LogP contribution >= 0.6 is 0 Å². The topological polar surface area (TPSA) is 58.7 Å². The van der Waals surface area contributed by atoms with E-state index in [1.807, 2.05) is 12.1 Å². The fourth-order valence-electron chi connectivity index (χ4n) is 2.07. The lowest BCUT2D eigenvalue weighted by Crippen LogP contribution is -2.37. The van der Waals surface area contributed by atoms with Crippen LogP contribution < -0.4 is 5.73 Å². The number of phenols is 1. The first-order chi connectivity index (χ1) is 8.29.